The maximum atomic E-state index is 12.5. The second-order valence-electron chi connectivity index (χ2n) is 5.22. The van der Waals surface area contributed by atoms with E-state index in [1.807, 2.05) is 6.92 Å². The highest BCUT2D eigenvalue weighted by Gasteiger charge is 2.41. The Morgan fingerprint density at radius 1 is 1.35 bits per heavy atom. The van der Waals surface area contributed by atoms with Gasteiger partial charge in [-0.3, -0.25) is 14.5 Å². The van der Waals surface area contributed by atoms with Crippen molar-refractivity contribution in [1.82, 2.24) is 4.90 Å². The van der Waals surface area contributed by atoms with Crippen LogP contribution in [-0.4, -0.2) is 48.9 Å². The first-order valence-corrected chi connectivity index (χ1v) is 9.30. The lowest BCUT2D eigenvalue weighted by Crippen LogP contribution is -2.42. The van der Waals surface area contributed by atoms with Gasteiger partial charge in [0.1, 0.15) is 6.04 Å². The minimum absolute atomic E-state index is 0.212. The number of esters is 1. The molecule has 0 unspecified atom stereocenters. The number of rotatable bonds is 6. The average Bonchev–Trinajstić information content (AvgIpc) is 2.89. The highest BCUT2D eigenvalue weighted by molar-refractivity contribution is 9.10. The Kier molecular flexibility index (Phi) is 6.71. The van der Waals surface area contributed by atoms with Gasteiger partial charge in [0, 0.05) is 0 Å². The monoisotopic (exact) mass is 443 g/mol. The number of methoxy groups -OCH3 is 2. The van der Waals surface area contributed by atoms with Gasteiger partial charge in [0.2, 0.25) is 0 Å². The van der Waals surface area contributed by atoms with Crippen molar-refractivity contribution in [2.24, 2.45) is 0 Å². The topological polar surface area (TPSA) is 82.1 Å². The van der Waals surface area contributed by atoms with Crippen LogP contribution in [0.5, 0.6) is 11.5 Å². The number of halogens is 1. The molecule has 1 aliphatic heterocycles. The van der Waals surface area contributed by atoms with Crippen LogP contribution >= 0.6 is 27.7 Å². The van der Waals surface area contributed by atoms with Gasteiger partial charge in [0.05, 0.1) is 30.2 Å². The number of hydrogen-bond acceptors (Lipinski definition) is 7. The van der Waals surface area contributed by atoms with Gasteiger partial charge in [-0.1, -0.05) is 0 Å². The fraction of sp³-hybridized carbons (Fsp3) is 0.353. The van der Waals surface area contributed by atoms with Crippen LogP contribution in [0.25, 0.3) is 6.08 Å². The zero-order chi connectivity index (χ0) is 19.4. The Labute approximate surface area is 163 Å². The molecule has 2 amide bonds. The fourth-order valence-corrected chi connectivity index (χ4v) is 3.83. The van der Waals surface area contributed by atoms with E-state index in [0.717, 1.165) is 16.7 Å². The third-order valence-corrected chi connectivity index (χ3v) is 5.06. The van der Waals surface area contributed by atoms with E-state index in [4.69, 9.17) is 9.47 Å². The van der Waals surface area contributed by atoms with Crippen molar-refractivity contribution in [3.05, 3.63) is 27.1 Å². The van der Waals surface area contributed by atoms with E-state index in [1.54, 1.807) is 18.2 Å². The van der Waals surface area contributed by atoms with Gasteiger partial charge in [0.15, 0.2) is 11.5 Å². The number of imide groups is 1. The highest BCUT2D eigenvalue weighted by Crippen LogP contribution is 2.39. The van der Waals surface area contributed by atoms with E-state index in [0.29, 0.717) is 28.1 Å². The molecule has 2 rings (SSSR count). The van der Waals surface area contributed by atoms with Gasteiger partial charge in [-0.25, -0.2) is 4.79 Å². The Bertz CT molecular complexity index is 779. The largest absolute Gasteiger partial charge is 0.493 e. The standard InChI is InChI=1S/C17H18BrNO6S/c1-5-25-14-11(18)6-10(7-12(14)23-3)8-13-15(20)19(17(22)26-13)9(2)16(21)24-4/h6-9H,5H2,1-4H3/b13-8+/t9-/m1/s1. The number of carbonyl (C=O) groups excluding carboxylic acids is 3. The lowest BCUT2D eigenvalue weighted by atomic mass is 10.1. The lowest BCUT2D eigenvalue weighted by molar-refractivity contribution is -0.148. The molecule has 0 N–H and O–H groups in total. The molecule has 1 aromatic carbocycles. The maximum absolute atomic E-state index is 12.5. The van der Waals surface area contributed by atoms with Gasteiger partial charge >= 0.3 is 5.97 Å². The summed E-state index contributed by atoms with van der Waals surface area (Å²) in [6.45, 7) is 3.78. The Hall–Kier alpha value is -2.00. The predicted octanol–water partition coefficient (Wildman–Crippen LogP) is 3.45. The minimum atomic E-state index is -0.986. The molecule has 1 atom stereocenters. The Balaban J connectivity index is 2.36. The number of ether oxygens (including phenoxy) is 3. The summed E-state index contributed by atoms with van der Waals surface area (Å²) < 4.78 is 16.1. The van der Waals surface area contributed by atoms with Crippen LogP contribution in [0, 0.1) is 0 Å². The number of amides is 2. The van der Waals surface area contributed by atoms with Crippen molar-refractivity contribution in [1.29, 1.82) is 0 Å². The highest BCUT2D eigenvalue weighted by atomic mass is 79.9. The lowest BCUT2D eigenvalue weighted by Gasteiger charge is -2.18. The molecule has 0 radical (unpaired) electrons. The average molecular weight is 444 g/mol. The third kappa shape index (κ3) is 4.04. The van der Waals surface area contributed by atoms with Crippen molar-refractivity contribution in [3.63, 3.8) is 0 Å². The van der Waals surface area contributed by atoms with Crippen LogP contribution in [0.4, 0.5) is 4.79 Å². The molecule has 1 fully saturated rings. The van der Waals surface area contributed by atoms with Crippen LogP contribution in [-0.2, 0) is 14.3 Å². The first kappa shape index (κ1) is 20.3. The number of hydrogen-bond donors (Lipinski definition) is 0. The van der Waals surface area contributed by atoms with E-state index < -0.39 is 23.2 Å². The molecule has 9 heteroatoms. The van der Waals surface area contributed by atoms with Crippen molar-refractivity contribution in [2.45, 2.75) is 19.9 Å². The molecular weight excluding hydrogens is 426 g/mol. The van der Waals surface area contributed by atoms with Crippen molar-refractivity contribution in [2.75, 3.05) is 20.8 Å². The number of nitrogens with zero attached hydrogens (tertiary/aromatic N) is 1. The smallest absolute Gasteiger partial charge is 0.328 e. The normalized spacial score (nSPS) is 16.8. The van der Waals surface area contributed by atoms with Gasteiger partial charge in [-0.05, 0) is 65.3 Å². The fourth-order valence-electron chi connectivity index (χ4n) is 2.35. The molecule has 140 valence electrons. The van der Waals surface area contributed by atoms with Crippen LogP contribution in [0.1, 0.15) is 19.4 Å². The summed E-state index contributed by atoms with van der Waals surface area (Å²) in [5.41, 5.74) is 0.647. The summed E-state index contributed by atoms with van der Waals surface area (Å²) in [4.78, 5) is 37.4. The molecule has 1 aromatic rings. The Morgan fingerprint density at radius 2 is 2.04 bits per heavy atom. The van der Waals surface area contributed by atoms with Gasteiger partial charge in [-0.2, -0.15) is 0 Å². The summed E-state index contributed by atoms with van der Waals surface area (Å²) in [5, 5.41) is -0.517. The first-order chi connectivity index (χ1) is 12.3. The molecule has 0 spiro atoms. The summed E-state index contributed by atoms with van der Waals surface area (Å²) in [6, 6.07) is 2.47. The van der Waals surface area contributed by atoms with E-state index in [2.05, 4.69) is 20.7 Å². The van der Waals surface area contributed by atoms with Crippen LogP contribution in [0.3, 0.4) is 0 Å². The van der Waals surface area contributed by atoms with Crippen molar-refractivity contribution < 1.29 is 28.6 Å². The molecule has 1 heterocycles. The molecule has 7 nitrogen and oxygen atoms in total. The van der Waals surface area contributed by atoms with Gasteiger partial charge in [0.25, 0.3) is 11.1 Å². The molecule has 1 saturated heterocycles. The number of thioether (sulfide) groups is 1. The quantitative estimate of drug-likeness (QED) is 0.491. The van der Waals surface area contributed by atoms with E-state index in [-0.39, 0.29) is 4.91 Å². The number of benzene rings is 1. The second-order valence-corrected chi connectivity index (χ2v) is 7.07. The molecular formula is C17H18BrNO6S. The third-order valence-electron chi connectivity index (χ3n) is 3.59. The zero-order valence-corrected chi connectivity index (χ0v) is 17.1. The van der Waals surface area contributed by atoms with Crippen molar-refractivity contribution in [3.8, 4) is 11.5 Å². The zero-order valence-electron chi connectivity index (χ0n) is 14.7. The summed E-state index contributed by atoms with van der Waals surface area (Å²) >= 11 is 4.19. The second kappa shape index (κ2) is 8.59. The van der Waals surface area contributed by atoms with Crippen LogP contribution in [0.2, 0.25) is 0 Å². The summed E-state index contributed by atoms with van der Waals surface area (Å²) in [7, 11) is 2.72. The van der Waals surface area contributed by atoms with E-state index >= 15 is 0 Å². The van der Waals surface area contributed by atoms with Gasteiger partial charge in [-0.15, -0.1) is 0 Å². The SMILES string of the molecule is CCOc1c(Br)cc(/C=C2/SC(=O)N([C@H](C)C(=O)OC)C2=O)cc1OC. The summed E-state index contributed by atoms with van der Waals surface area (Å²) in [6.07, 6.45) is 1.57. The van der Waals surface area contributed by atoms with E-state index in [1.165, 1.54) is 21.1 Å². The molecule has 0 saturated carbocycles. The number of carbonyl (C=O) groups is 3. The van der Waals surface area contributed by atoms with Crippen molar-refractivity contribution >= 4 is 50.9 Å². The molecule has 0 aliphatic carbocycles. The molecule has 0 aromatic heterocycles. The van der Waals surface area contributed by atoms with Gasteiger partial charge < -0.3 is 14.2 Å². The Morgan fingerprint density at radius 3 is 2.62 bits per heavy atom. The molecule has 1 aliphatic rings. The van der Waals surface area contributed by atoms with E-state index in [9.17, 15) is 14.4 Å². The molecule has 0 bridgehead atoms. The van der Waals surface area contributed by atoms with Crippen LogP contribution in [0.15, 0.2) is 21.5 Å². The predicted molar refractivity (Wildman–Crippen MR) is 101 cm³/mol. The minimum Gasteiger partial charge on any atom is -0.493 e. The molecule has 26 heavy (non-hydrogen) atoms. The summed E-state index contributed by atoms with van der Waals surface area (Å²) in [5.74, 6) is -0.143. The van der Waals surface area contributed by atoms with Crippen LogP contribution < -0.4 is 9.47 Å². The first-order valence-electron chi connectivity index (χ1n) is 7.69. The maximum Gasteiger partial charge on any atom is 0.328 e.